The van der Waals surface area contributed by atoms with Gasteiger partial charge in [0.1, 0.15) is 5.75 Å². The number of carbonyl (C=O) groups is 1. The fraction of sp³-hybridized carbons (Fsp3) is 0.357. The summed E-state index contributed by atoms with van der Waals surface area (Å²) < 4.78 is 4.80. The number of hydrogen-bond acceptors (Lipinski definition) is 3. The Morgan fingerprint density at radius 2 is 2.17 bits per heavy atom. The van der Waals surface area contributed by atoms with E-state index in [-0.39, 0.29) is 11.7 Å². The first-order chi connectivity index (χ1) is 8.44. The van der Waals surface area contributed by atoms with Gasteiger partial charge in [-0.25, -0.2) is 0 Å². The zero-order valence-electron chi connectivity index (χ0n) is 10.8. The molecule has 0 aliphatic rings. The lowest BCUT2D eigenvalue weighted by Crippen LogP contribution is -2.27. The number of nitrogens with one attached hydrogen (secondary N) is 1. The largest absolute Gasteiger partial charge is 0.508 e. The lowest BCUT2D eigenvalue weighted by Gasteiger charge is -2.20. The Balaban J connectivity index is 2.37. The van der Waals surface area contributed by atoms with Crippen molar-refractivity contribution in [3.05, 3.63) is 30.0 Å². The second-order valence-corrected chi connectivity index (χ2v) is 5.10. The van der Waals surface area contributed by atoms with Crippen molar-refractivity contribution in [3.8, 4) is 5.75 Å². The fourth-order valence-electron chi connectivity index (χ4n) is 2.14. The normalized spacial score (nSPS) is 11.7. The molecule has 1 aromatic heterocycles. The number of carbonyl (C=O) groups excluding carboxylic acids is 1. The van der Waals surface area contributed by atoms with Crippen LogP contribution in [0, 0.1) is 5.41 Å². The van der Waals surface area contributed by atoms with E-state index in [0.717, 1.165) is 16.5 Å². The molecule has 1 aromatic carbocycles. The number of esters is 1. The molecule has 1 heterocycles. The van der Waals surface area contributed by atoms with Crippen LogP contribution in [0.3, 0.4) is 0 Å². The van der Waals surface area contributed by atoms with Gasteiger partial charge in [0.15, 0.2) is 0 Å². The summed E-state index contributed by atoms with van der Waals surface area (Å²) in [5.41, 5.74) is 1.36. The van der Waals surface area contributed by atoms with Crippen LogP contribution in [0.15, 0.2) is 24.4 Å². The number of benzene rings is 1. The molecule has 0 spiro atoms. The monoisotopic (exact) mass is 247 g/mol. The summed E-state index contributed by atoms with van der Waals surface area (Å²) in [6, 6.07) is 5.15. The third-order valence-corrected chi connectivity index (χ3v) is 3.12. The summed E-state index contributed by atoms with van der Waals surface area (Å²) >= 11 is 0. The number of aromatic nitrogens is 1. The van der Waals surface area contributed by atoms with Gasteiger partial charge in [-0.3, -0.25) is 4.79 Å². The highest BCUT2D eigenvalue weighted by atomic mass is 16.5. The fourth-order valence-corrected chi connectivity index (χ4v) is 2.14. The van der Waals surface area contributed by atoms with Crippen molar-refractivity contribution in [2.24, 2.45) is 5.41 Å². The van der Waals surface area contributed by atoms with Gasteiger partial charge in [0.05, 0.1) is 12.5 Å². The van der Waals surface area contributed by atoms with E-state index < -0.39 is 5.41 Å². The molecular weight excluding hydrogens is 230 g/mol. The van der Waals surface area contributed by atoms with E-state index in [9.17, 15) is 9.90 Å². The van der Waals surface area contributed by atoms with Crippen molar-refractivity contribution in [1.29, 1.82) is 0 Å². The maximum atomic E-state index is 11.7. The molecule has 0 atom stereocenters. The summed E-state index contributed by atoms with van der Waals surface area (Å²) in [5.74, 6) is -0.0174. The quantitative estimate of drug-likeness (QED) is 0.819. The van der Waals surface area contributed by atoms with Gasteiger partial charge < -0.3 is 14.8 Å². The maximum Gasteiger partial charge on any atom is 0.311 e. The number of H-pyrrole nitrogens is 1. The van der Waals surface area contributed by atoms with E-state index >= 15 is 0 Å². The Morgan fingerprint density at radius 3 is 2.83 bits per heavy atom. The summed E-state index contributed by atoms with van der Waals surface area (Å²) in [7, 11) is 1.39. The van der Waals surface area contributed by atoms with E-state index in [1.165, 1.54) is 7.11 Å². The van der Waals surface area contributed by atoms with Crippen LogP contribution in [0.2, 0.25) is 0 Å². The first kappa shape index (κ1) is 12.5. The van der Waals surface area contributed by atoms with E-state index in [4.69, 9.17) is 4.74 Å². The summed E-state index contributed by atoms with van der Waals surface area (Å²) in [6.45, 7) is 3.70. The summed E-state index contributed by atoms with van der Waals surface area (Å²) in [6.07, 6.45) is 2.43. The van der Waals surface area contributed by atoms with Crippen LogP contribution in [0.1, 0.15) is 19.4 Å². The van der Waals surface area contributed by atoms with E-state index in [0.29, 0.717) is 6.42 Å². The average molecular weight is 247 g/mol. The smallest absolute Gasteiger partial charge is 0.311 e. The molecule has 0 fully saturated rings. The van der Waals surface area contributed by atoms with Gasteiger partial charge >= 0.3 is 5.97 Å². The van der Waals surface area contributed by atoms with Crippen LogP contribution in [-0.4, -0.2) is 23.2 Å². The number of phenolic OH excluding ortho intramolecular Hbond substituents is 1. The van der Waals surface area contributed by atoms with Gasteiger partial charge in [0, 0.05) is 17.1 Å². The lowest BCUT2D eigenvalue weighted by molar-refractivity contribution is -0.150. The van der Waals surface area contributed by atoms with E-state index in [2.05, 4.69) is 4.98 Å². The number of fused-ring (bicyclic) bond motifs is 1. The van der Waals surface area contributed by atoms with Crippen molar-refractivity contribution < 1.29 is 14.6 Å². The van der Waals surface area contributed by atoms with Crippen molar-refractivity contribution in [2.75, 3.05) is 7.11 Å². The molecule has 0 aliphatic heterocycles. The minimum Gasteiger partial charge on any atom is -0.508 e. The highest BCUT2D eigenvalue weighted by Gasteiger charge is 2.29. The van der Waals surface area contributed by atoms with Crippen LogP contribution >= 0.6 is 0 Å². The molecule has 4 nitrogen and oxygen atoms in total. The topological polar surface area (TPSA) is 62.3 Å². The van der Waals surface area contributed by atoms with Crippen molar-refractivity contribution in [3.63, 3.8) is 0 Å². The minimum atomic E-state index is -0.588. The third kappa shape index (κ3) is 2.18. The number of rotatable bonds is 3. The molecular formula is C14H17NO3. The van der Waals surface area contributed by atoms with E-state index in [1.807, 2.05) is 26.1 Å². The Kier molecular flexibility index (Phi) is 3.03. The molecule has 0 radical (unpaired) electrons. The van der Waals surface area contributed by atoms with Gasteiger partial charge in [0.2, 0.25) is 0 Å². The zero-order valence-corrected chi connectivity index (χ0v) is 10.8. The number of aromatic amines is 1. The van der Waals surface area contributed by atoms with Gasteiger partial charge in [-0.05, 0) is 44.0 Å². The van der Waals surface area contributed by atoms with Gasteiger partial charge in [-0.2, -0.15) is 0 Å². The predicted molar refractivity (Wildman–Crippen MR) is 69.5 cm³/mol. The Labute approximate surface area is 106 Å². The Bertz CT molecular complexity index is 584. The number of phenols is 1. The molecule has 2 N–H and O–H groups in total. The van der Waals surface area contributed by atoms with Crippen LogP contribution < -0.4 is 0 Å². The second-order valence-electron chi connectivity index (χ2n) is 5.10. The molecule has 0 aliphatic carbocycles. The Morgan fingerprint density at radius 1 is 1.44 bits per heavy atom. The number of hydrogen-bond donors (Lipinski definition) is 2. The van der Waals surface area contributed by atoms with Crippen molar-refractivity contribution >= 4 is 16.9 Å². The first-order valence-corrected chi connectivity index (χ1v) is 5.81. The zero-order chi connectivity index (χ0) is 13.3. The average Bonchev–Trinajstić information content (AvgIpc) is 2.70. The van der Waals surface area contributed by atoms with Crippen molar-refractivity contribution in [2.45, 2.75) is 20.3 Å². The molecule has 2 aromatic rings. The minimum absolute atomic E-state index is 0.222. The van der Waals surface area contributed by atoms with Crippen LogP contribution in [0.5, 0.6) is 5.75 Å². The number of aromatic hydroxyl groups is 1. The van der Waals surface area contributed by atoms with Crippen LogP contribution in [0.4, 0.5) is 0 Å². The SMILES string of the molecule is COC(=O)C(C)(C)Cc1c[nH]c2ccc(O)cc12. The third-order valence-electron chi connectivity index (χ3n) is 3.12. The highest BCUT2D eigenvalue weighted by molar-refractivity contribution is 5.85. The van der Waals surface area contributed by atoms with Crippen molar-refractivity contribution in [1.82, 2.24) is 4.98 Å². The summed E-state index contributed by atoms with van der Waals surface area (Å²) in [4.78, 5) is 14.8. The van der Waals surface area contributed by atoms with Gasteiger partial charge in [0.25, 0.3) is 0 Å². The highest BCUT2D eigenvalue weighted by Crippen LogP contribution is 2.29. The number of ether oxygens (including phenoxy) is 1. The van der Waals surface area contributed by atoms with Crippen LogP contribution in [0.25, 0.3) is 10.9 Å². The van der Waals surface area contributed by atoms with Gasteiger partial charge in [-0.1, -0.05) is 0 Å². The molecule has 0 unspecified atom stereocenters. The molecule has 0 saturated heterocycles. The molecule has 18 heavy (non-hydrogen) atoms. The molecule has 4 heteroatoms. The molecule has 0 amide bonds. The second kappa shape index (κ2) is 4.37. The lowest BCUT2D eigenvalue weighted by atomic mass is 9.86. The molecule has 96 valence electrons. The number of methoxy groups -OCH3 is 1. The molecule has 2 rings (SSSR count). The van der Waals surface area contributed by atoms with Gasteiger partial charge in [-0.15, -0.1) is 0 Å². The van der Waals surface area contributed by atoms with Crippen LogP contribution in [-0.2, 0) is 16.0 Å². The predicted octanol–water partition coefficient (Wildman–Crippen LogP) is 2.62. The molecule has 0 bridgehead atoms. The van der Waals surface area contributed by atoms with E-state index in [1.54, 1.807) is 12.1 Å². The first-order valence-electron chi connectivity index (χ1n) is 5.81. The Hall–Kier alpha value is -1.97. The maximum absolute atomic E-state index is 11.7. The summed E-state index contributed by atoms with van der Waals surface area (Å²) in [5, 5.41) is 10.5. The standard InChI is InChI=1S/C14H17NO3/c1-14(2,13(17)18-3)7-9-8-15-12-5-4-10(16)6-11(9)12/h4-6,8,15-16H,7H2,1-3H3. The molecule has 0 saturated carbocycles.